The Morgan fingerprint density at radius 1 is 0.926 bits per heavy atom. The van der Waals surface area contributed by atoms with Crippen molar-refractivity contribution in [3.05, 3.63) is 94.8 Å². The van der Waals surface area contributed by atoms with Crippen LogP contribution in [0.4, 0.5) is 5.69 Å². The lowest BCUT2D eigenvalue weighted by Crippen LogP contribution is -2.24. The van der Waals surface area contributed by atoms with Gasteiger partial charge in [-0.1, -0.05) is 54.1 Å². The van der Waals surface area contributed by atoms with E-state index in [0.29, 0.717) is 22.8 Å². The van der Waals surface area contributed by atoms with Gasteiger partial charge in [-0.3, -0.25) is 14.6 Å². The van der Waals surface area contributed by atoms with Crippen LogP contribution in [0.15, 0.2) is 73.1 Å². The first-order valence-electron chi connectivity index (χ1n) is 8.41. The lowest BCUT2D eigenvalue weighted by Gasteiger charge is -2.08. The summed E-state index contributed by atoms with van der Waals surface area (Å²) in [7, 11) is 0. The number of halogens is 1. The number of benzene rings is 2. The topological polar surface area (TPSA) is 71.1 Å². The first-order chi connectivity index (χ1) is 13.1. The van der Waals surface area contributed by atoms with E-state index in [0.717, 1.165) is 11.1 Å². The van der Waals surface area contributed by atoms with Gasteiger partial charge in [0.1, 0.15) is 0 Å². The van der Waals surface area contributed by atoms with Crippen LogP contribution in [0.5, 0.6) is 0 Å². The van der Waals surface area contributed by atoms with Crippen LogP contribution < -0.4 is 10.6 Å². The maximum Gasteiger partial charge on any atom is 0.257 e. The smallest absolute Gasteiger partial charge is 0.257 e. The highest BCUT2D eigenvalue weighted by atomic mass is 35.5. The Labute approximate surface area is 162 Å². The molecule has 0 saturated carbocycles. The van der Waals surface area contributed by atoms with Crippen LogP contribution in [0, 0.1) is 0 Å². The summed E-state index contributed by atoms with van der Waals surface area (Å²) in [6.07, 6.45) is 3.20. The first kappa shape index (κ1) is 18.6. The van der Waals surface area contributed by atoms with Crippen LogP contribution in [-0.4, -0.2) is 16.8 Å². The minimum Gasteiger partial charge on any atom is -0.352 e. The molecule has 0 bridgehead atoms. The van der Waals surface area contributed by atoms with Gasteiger partial charge >= 0.3 is 0 Å². The number of pyridine rings is 1. The average Bonchev–Trinajstić information content (AvgIpc) is 2.69. The second-order valence-corrected chi connectivity index (χ2v) is 6.42. The van der Waals surface area contributed by atoms with E-state index in [1.165, 1.54) is 12.4 Å². The second kappa shape index (κ2) is 8.96. The molecule has 0 unspecified atom stereocenters. The molecule has 0 fully saturated rings. The molecule has 0 aliphatic carbocycles. The lowest BCUT2D eigenvalue weighted by molar-refractivity contribution is -0.120. The van der Waals surface area contributed by atoms with E-state index in [2.05, 4.69) is 15.6 Å². The Balaban J connectivity index is 1.52. The van der Waals surface area contributed by atoms with E-state index in [1.54, 1.807) is 18.2 Å². The third-order valence-electron chi connectivity index (χ3n) is 3.88. The largest absolute Gasteiger partial charge is 0.352 e. The molecule has 3 rings (SSSR count). The van der Waals surface area contributed by atoms with Gasteiger partial charge in [-0.15, -0.1) is 0 Å². The highest BCUT2D eigenvalue weighted by molar-refractivity contribution is 6.30. The number of nitrogens with zero attached hydrogens (tertiary/aromatic N) is 1. The van der Waals surface area contributed by atoms with Crippen molar-refractivity contribution < 1.29 is 9.59 Å². The highest BCUT2D eigenvalue weighted by Gasteiger charge is 2.08. The van der Waals surface area contributed by atoms with E-state index in [9.17, 15) is 9.59 Å². The number of rotatable bonds is 6. The molecule has 0 saturated heterocycles. The summed E-state index contributed by atoms with van der Waals surface area (Å²) in [6, 6.07) is 18.4. The minimum atomic E-state index is -0.293. The molecule has 0 spiro atoms. The number of carbonyl (C=O) groups excluding carboxylic acids is 2. The van der Waals surface area contributed by atoms with Gasteiger partial charge in [0.2, 0.25) is 5.91 Å². The van der Waals surface area contributed by atoms with Crippen molar-refractivity contribution in [3.63, 3.8) is 0 Å². The summed E-state index contributed by atoms with van der Waals surface area (Å²) < 4.78 is 0. The predicted octanol–water partition coefficient (Wildman–Crippen LogP) is 3.85. The summed E-state index contributed by atoms with van der Waals surface area (Å²) in [5.74, 6) is -0.348. The number of amides is 2. The molecule has 136 valence electrons. The Bertz CT molecular complexity index is 928. The summed E-state index contributed by atoms with van der Waals surface area (Å²) in [6.45, 7) is 0.501. The van der Waals surface area contributed by atoms with Gasteiger partial charge in [-0.25, -0.2) is 0 Å². The molecule has 0 atom stereocenters. The van der Waals surface area contributed by atoms with Crippen LogP contribution in [0.3, 0.4) is 0 Å². The van der Waals surface area contributed by atoms with Crippen LogP contribution in [0.2, 0.25) is 5.02 Å². The molecular weight excluding hydrogens is 362 g/mol. The van der Waals surface area contributed by atoms with Gasteiger partial charge in [-0.05, 0) is 29.3 Å². The summed E-state index contributed by atoms with van der Waals surface area (Å²) in [5.41, 5.74) is 2.93. The molecule has 5 nitrogen and oxygen atoms in total. The van der Waals surface area contributed by atoms with Crippen molar-refractivity contribution in [1.82, 2.24) is 10.3 Å². The molecule has 2 aromatic carbocycles. The highest BCUT2D eigenvalue weighted by Crippen LogP contribution is 2.14. The Kier molecular flexibility index (Phi) is 6.18. The third-order valence-corrected chi connectivity index (χ3v) is 4.08. The predicted molar refractivity (Wildman–Crippen MR) is 106 cm³/mol. The number of hydrogen-bond donors (Lipinski definition) is 2. The van der Waals surface area contributed by atoms with E-state index >= 15 is 0 Å². The molecule has 3 aromatic rings. The standard InChI is InChI=1S/C21H18ClN3O2/c22-18-11-17(13-23-14-18)21(27)25-19-8-6-15(7-9-19)10-20(26)24-12-16-4-2-1-3-5-16/h1-9,11,13-14H,10,12H2,(H,24,26)(H,25,27). The lowest BCUT2D eigenvalue weighted by atomic mass is 10.1. The fourth-order valence-electron chi connectivity index (χ4n) is 2.49. The zero-order chi connectivity index (χ0) is 19.1. The second-order valence-electron chi connectivity index (χ2n) is 5.98. The first-order valence-corrected chi connectivity index (χ1v) is 8.79. The summed E-state index contributed by atoms with van der Waals surface area (Å²) >= 11 is 5.85. The molecule has 0 radical (unpaired) electrons. The third kappa shape index (κ3) is 5.66. The number of nitrogens with one attached hydrogen (secondary N) is 2. The molecule has 1 heterocycles. The van der Waals surface area contributed by atoms with Gasteiger partial charge in [0.15, 0.2) is 0 Å². The quantitative estimate of drug-likeness (QED) is 0.683. The van der Waals surface area contributed by atoms with Crippen molar-refractivity contribution in [2.24, 2.45) is 0 Å². The monoisotopic (exact) mass is 379 g/mol. The SMILES string of the molecule is O=C(Cc1ccc(NC(=O)c2cncc(Cl)c2)cc1)NCc1ccccc1. The van der Waals surface area contributed by atoms with E-state index < -0.39 is 0 Å². The fourth-order valence-corrected chi connectivity index (χ4v) is 2.66. The van der Waals surface area contributed by atoms with Crippen LogP contribution >= 0.6 is 11.6 Å². The minimum absolute atomic E-state index is 0.0550. The van der Waals surface area contributed by atoms with Gasteiger partial charge in [0.05, 0.1) is 17.0 Å². The van der Waals surface area contributed by atoms with E-state index in [-0.39, 0.29) is 18.2 Å². The Morgan fingerprint density at radius 3 is 2.37 bits per heavy atom. The Hall–Kier alpha value is -3.18. The van der Waals surface area contributed by atoms with Gasteiger partial charge in [0.25, 0.3) is 5.91 Å². The maximum atomic E-state index is 12.2. The fraction of sp³-hybridized carbons (Fsp3) is 0.0952. The Morgan fingerprint density at radius 2 is 1.67 bits per heavy atom. The zero-order valence-electron chi connectivity index (χ0n) is 14.5. The van der Waals surface area contributed by atoms with E-state index in [1.807, 2.05) is 42.5 Å². The van der Waals surface area contributed by atoms with Gasteiger partial charge in [0, 0.05) is 24.6 Å². The number of anilines is 1. The van der Waals surface area contributed by atoms with E-state index in [4.69, 9.17) is 11.6 Å². The van der Waals surface area contributed by atoms with Gasteiger partial charge < -0.3 is 10.6 Å². The summed E-state index contributed by atoms with van der Waals surface area (Å²) in [4.78, 5) is 28.1. The van der Waals surface area contributed by atoms with Crippen LogP contribution in [0.25, 0.3) is 0 Å². The molecule has 0 aliphatic heterocycles. The number of hydrogen-bond acceptors (Lipinski definition) is 3. The molecule has 6 heteroatoms. The number of aromatic nitrogens is 1. The van der Waals surface area contributed by atoms with Crippen LogP contribution in [0.1, 0.15) is 21.5 Å². The summed E-state index contributed by atoms with van der Waals surface area (Å²) in [5, 5.41) is 6.07. The molecule has 0 aliphatic rings. The molecular formula is C21H18ClN3O2. The number of carbonyl (C=O) groups is 2. The van der Waals surface area contributed by atoms with Gasteiger partial charge in [-0.2, -0.15) is 0 Å². The van der Waals surface area contributed by atoms with Crippen molar-refractivity contribution in [2.45, 2.75) is 13.0 Å². The maximum absolute atomic E-state index is 12.2. The molecule has 2 amide bonds. The average molecular weight is 380 g/mol. The molecule has 27 heavy (non-hydrogen) atoms. The molecule has 2 N–H and O–H groups in total. The molecule has 1 aromatic heterocycles. The van der Waals surface area contributed by atoms with Crippen molar-refractivity contribution in [1.29, 1.82) is 0 Å². The normalized spacial score (nSPS) is 10.3. The van der Waals surface area contributed by atoms with Crippen molar-refractivity contribution in [3.8, 4) is 0 Å². The zero-order valence-corrected chi connectivity index (χ0v) is 15.2. The van der Waals surface area contributed by atoms with Crippen LogP contribution in [-0.2, 0) is 17.8 Å². The van der Waals surface area contributed by atoms with Crippen molar-refractivity contribution in [2.75, 3.05) is 5.32 Å². The van der Waals surface area contributed by atoms with Crippen molar-refractivity contribution >= 4 is 29.1 Å².